The molecule has 32 heavy (non-hydrogen) atoms. The summed E-state index contributed by atoms with van der Waals surface area (Å²) in [6, 6.07) is 19.8. The van der Waals surface area contributed by atoms with Crippen LogP contribution in [0.2, 0.25) is 10.0 Å². The van der Waals surface area contributed by atoms with Gasteiger partial charge in [-0.05, 0) is 48.5 Å². The lowest BCUT2D eigenvalue weighted by Crippen LogP contribution is -2.13. The van der Waals surface area contributed by atoms with Crippen molar-refractivity contribution in [3.63, 3.8) is 0 Å². The Morgan fingerprint density at radius 2 is 1.91 bits per heavy atom. The molecule has 156 valence electrons. The van der Waals surface area contributed by atoms with Crippen LogP contribution in [0.1, 0.15) is 5.56 Å². The number of nitrogens with zero attached hydrogens (tertiary/aromatic N) is 4. The highest BCUT2D eigenvalue weighted by atomic mass is 35.5. The van der Waals surface area contributed by atoms with E-state index in [1.165, 1.54) is 12.1 Å². The van der Waals surface area contributed by atoms with Crippen molar-refractivity contribution in [1.82, 2.24) is 14.8 Å². The Labute approximate surface area is 194 Å². The Morgan fingerprint density at radius 3 is 2.59 bits per heavy atom. The van der Waals surface area contributed by atoms with E-state index in [1.807, 2.05) is 42.5 Å². The molecule has 2 aromatic carbocycles. The van der Waals surface area contributed by atoms with Gasteiger partial charge in [0.05, 0.1) is 16.4 Å². The Bertz CT molecular complexity index is 1340. The zero-order valence-electron chi connectivity index (χ0n) is 16.5. The molecule has 0 atom stereocenters. The number of nitrogens with one attached hydrogen (secondary N) is 1. The zero-order chi connectivity index (χ0) is 22.5. The number of rotatable bonds is 5. The van der Waals surface area contributed by atoms with Crippen LogP contribution < -0.4 is 5.32 Å². The van der Waals surface area contributed by atoms with E-state index in [2.05, 4.69) is 15.4 Å². The maximum atomic E-state index is 12.8. The molecule has 0 fully saturated rings. The molecule has 0 saturated heterocycles. The summed E-state index contributed by atoms with van der Waals surface area (Å²) in [5.41, 5.74) is 3.03. The minimum absolute atomic E-state index is 0.103. The maximum Gasteiger partial charge on any atom is 0.266 e. The number of halogens is 2. The molecular weight excluding hydrogens is 445 g/mol. The molecule has 8 heteroatoms. The summed E-state index contributed by atoms with van der Waals surface area (Å²) < 4.78 is 1.69. The summed E-state index contributed by atoms with van der Waals surface area (Å²) in [4.78, 5) is 16.9. The highest BCUT2D eigenvalue weighted by Gasteiger charge is 2.16. The fraction of sp³-hybridized carbons (Fsp3) is 0. The number of benzene rings is 2. The number of anilines is 1. The first-order valence-electron chi connectivity index (χ1n) is 9.49. The van der Waals surface area contributed by atoms with Crippen LogP contribution in [0.15, 0.2) is 84.8 Å². The van der Waals surface area contributed by atoms with Gasteiger partial charge in [0.2, 0.25) is 0 Å². The molecule has 0 aliphatic heterocycles. The Balaban J connectivity index is 1.74. The number of carbonyl (C=O) groups is 1. The van der Waals surface area contributed by atoms with Crippen molar-refractivity contribution in [3.05, 3.63) is 100 Å². The predicted octanol–water partition coefficient (Wildman–Crippen LogP) is 5.79. The summed E-state index contributed by atoms with van der Waals surface area (Å²) >= 11 is 12.0. The zero-order valence-corrected chi connectivity index (χ0v) is 18.0. The average Bonchev–Trinajstić information content (AvgIpc) is 3.24. The molecule has 2 heterocycles. The smallest absolute Gasteiger partial charge is 0.266 e. The standard InChI is InChI=1S/C24H15Cl2N5O/c25-19-8-9-22(21(26)12-19)29-24(32)17(13-27)11-18-15-31(20-6-2-1-3-7-20)30-23(18)16-5-4-10-28-14-16/h1-12,14-15H,(H,29,32)/b17-11+. The van der Waals surface area contributed by atoms with Crippen LogP contribution in [0, 0.1) is 11.3 Å². The van der Waals surface area contributed by atoms with Crippen LogP contribution in [0.3, 0.4) is 0 Å². The van der Waals surface area contributed by atoms with Crippen molar-refractivity contribution in [3.8, 4) is 23.0 Å². The lowest BCUT2D eigenvalue weighted by molar-refractivity contribution is -0.112. The number of hydrogen-bond acceptors (Lipinski definition) is 4. The highest BCUT2D eigenvalue weighted by molar-refractivity contribution is 6.36. The van der Waals surface area contributed by atoms with Gasteiger partial charge in [0.1, 0.15) is 17.3 Å². The minimum atomic E-state index is -0.596. The average molecular weight is 460 g/mol. The summed E-state index contributed by atoms with van der Waals surface area (Å²) in [7, 11) is 0. The fourth-order valence-electron chi connectivity index (χ4n) is 3.02. The van der Waals surface area contributed by atoms with E-state index in [1.54, 1.807) is 41.5 Å². The molecule has 0 aliphatic rings. The molecule has 0 aliphatic carbocycles. The SMILES string of the molecule is N#C/C(=C\c1cn(-c2ccccc2)nc1-c1cccnc1)C(=O)Nc1ccc(Cl)cc1Cl. The molecule has 0 radical (unpaired) electrons. The van der Waals surface area contributed by atoms with Crippen molar-refractivity contribution < 1.29 is 4.79 Å². The van der Waals surface area contributed by atoms with E-state index in [0.717, 1.165) is 11.3 Å². The number of para-hydroxylation sites is 1. The number of hydrogen-bond donors (Lipinski definition) is 1. The molecule has 1 amide bonds. The third-order valence-corrected chi connectivity index (χ3v) is 5.09. The van der Waals surface area contributed by atoms with Gasteiger partial charge in [-0.1, -0.05) is 41.4 Å². The van der Waals surface area contributed by atoms with Gasteiger partial charge in [0.25, 0.3) is 5.91 Å². The van der Waals surface area contributed by atoms with Gasteiger partial charge in [0.15, 0.2) is 0 Å². The second-order valence-electron chi connectivity index (χ2n) is 6.70. The largest absolute Gasteiger partial charge is 0.320 e. The molecule has 4 rings (SSSR count). The summed E-state index contributed by atoms with van der Waals surface area (Å²) in [5.74, 6) is -0.596. The Morgan fingerprint density at radius 1 is 1.09 bits per heavy atom. The van der Waals surface area contributed by atoms with Crippen LogP contribution in [0.4, 0.5) is 5.69 Å². The first-order chi connectivity index (χ1) is 15.5. The molecule has 0 bridgehead atoms. The molecule has 0 spiro atoms. The topological polar surface area (TPSA) is 83.6 Å². The van der Waals surface area contributed by atoms with Gasteiger partial charge in [-0.2, -0.15) is 10.4 Å². The molecule has 0 unspecified atom stereocenters. The monoisotopic (exact) mass is 459 g/mol. The van der Waals surface area contributed by atoms with Gasteiger partial charge in [-0.25, -0.2) is 4.68 Å². The minimum Gasteiger partial charge on any atom is -0.320 e. The predicted molar refractivity (Wildman–Crippen MR) is 125 cm³/mol. The van der Waals surface area contributed by atoms with Gasteiger partial charge in [0, 0.05) is 34.7 Å². The summed E-state index contributed by atoms with van der Waals surface area (Å²) in [5, 5.41) is 17.7. The normalized spacial score (nSPS) is 11.1. The summed E-state index contributed by atoms with van der Waals surface area (Å²) in [6.07, 6.45) is 6.59. The van der Waals surface area contributed by atoms with Crippen molar-refractivity contribution in [1.29, 1.82) is 5.26 Å². The lowest BCUT2D eigenvalue weighted by Gasteiger charge is -2.07. The number of nitriles is 1. The third-order valence-electron chi connectivity index (χ3n) is 4.54. The van der Waals surface area contributed by atoms with Crippen LogP contribution in [-0.4, -0.2) is 20.7 Å². The van der Waals surface area contributed by atoms with Crippen LogP contribution in [-0.2, 0) is 4.79 Å². The Hall–Kier alpha value is -3.92. The van der Waals surface area contributed by atoms with Crippen LogP contribution in [0.5, 0.6) is 0 Å². The molecule has 2 aromatic heterocycles. The summed E-state index contributed by atoms with van der Waals surface area (Å²) in [6.45, 7) is 0. The van der Waals surface area contributed by atoms with E-state index >= 15 is 0 Å². The van der Waals surface area contributed by atoms with Crippen molar-refractivity contribution >= 4 is 40.9 Å². The van der Waals surface area contributed by atoms with E-state index in [0.29, 0.717) is 22.0 Å². The van der Waals surface area contributed by atoms with Gasteiger partial charge < -0.3 is 5.32 Å². The third kappa shape index (κ3) is 4.70. The maximum absolute atomic E-state index is 12.8. The fourth-order valence-corrected chi connectivity index (χ4v) is 3.47. The first kappa shape index (κ1) is 21.3. The number of amides is 1. The van der Waals surface area contributed by atoms with Crippen LogP contribution >= 0.6 is 23.2 Å². The molecule has 0 saturated carbocycles. The van der Waals surface area contributed by atoms with E-state index < -0.39 is 5.91 Å². The second kappa shape index (κ2) is 9.48. The quantitative estimate of drug-likeness (QED) is 0.302. The van der Waals surface area contributed by atoms with E-state index in [9.17, 15) is 10.1 Å². The first-order valence-corrected chi connectivity index (χ1v) is 10.2. The molecule has 1 N–H and O–H groups in total. The van der Waals surface area contributed by atoms with Gasteiger partial charge in [-0.15, -0.1) is 0 Å². The molecular formula is C24H15Cl2N5O. The van der Waals surface area contributed by atoms with E-state index in [-0.39, 0.29) is 10.6 Å². The van der Waals surface area contributed by atoms with Gasteiger partial charge in [-0.3, -0.25) is 9.78 Å². The van der Waals surface area contributed by atoms with Crippen molar-refractivity contribution in [2.45, 2.75) is 0 Å². The van der Waals surface area contributed by atoms with Crippen molar-refractivity contribution in [2.75, 3.05) is 5.32 Å². The van der Waals surface area contributed by atoms with E-state index in [4.69, 9.17) is 23.2 Å². The number of aromatic nitrogens is 3. The molecule has 6 nitrogen and oxygen atoms in total. The lowest BCUT2D eigenvalue weighted by atomic mass is 10.1. The van der Waals surface area contributed by atoms with Gasteiger partial charge >= 0.3 is 0 Å². The van der Waals surface area contributed by atoms with Crippen molar-refractivity contribution in [2.24, 2.45) is 0 Å². The molecule has 4 aromatic rings. The second-order valence-corrected chi connectivity index (χ2v) is 7.55. The number of pyridine rings is 1. The highest BCUT2D eigenvalue weighted by Crippen LogP contribution is 2.27. The number of carbonyl (C=O) groups excluding carboxylic acids is 1. The Kier molecular flexibility index (Phi) is 6.31. The van der Waals surface area contributed by atoms with Crippen LogP contribution in [0.25, 0.3) is 23.0 Å².